The van der Waals surface area contributed by atoms with Gasteiger partial charge >= 0.3 is 6.18 Å². The van der Waals surface area contributed by atoms with Gasteiger partial charge in [0.1, 0.15) is 0 Å². The number of amides is 1. The topological polar surface area (TPSA) is 41.1 Å². The molecule has 2 N–H and O–H groups in total. The number of thioether (sulfide) groups is 1. The molecular formula is C13H17F3N2OS. The van der Waals surface area contributed by atoms with E-state index < -0.39 is 18.6 Å². The van der Waals surface area contributed by atoms with Gasteiger partial charge in [0.05, 0.1) is 19.1 Å². The van der Waals surface area contributed by atoms with Crippen molar-refractivity contribution in [2.75, 3.05) is 19.3 Å². The minimum absolute atomic E-state index is 0.244. The zero-order chi connectivity index (χ0) is 15.2. The molecule has 3 nitrogen and oxygen atoms in total. The van der Waals surface area contributed by atoms with E-state index in [4.69, 9.17) is 0 Å². The Hall–Kier alpha value is -1.21. The molecular weight excluding hydrogens is 289 g/mol. The lowest BCUT2D eigenvalue weighted by Crippen LogP contribution is -2.39. The monoisotopic (exact) mass is 306 g/mol. The summed E-state index contributed by atoms with van der Waals surface area (Å²) >= 11 is 1.61. The van der Waals surface area contributed by atoms with Crippen LogP contribution in [0.5, 0.6) is 0 Å². The Bertz CT molecular complexity index is 434. The van der Waals surface area contributed by atoms with Crippen LogP contribution in [-0.4, -0.2) is 31.4 Å². The number of halogens is 3. The maximum Gasteiger partial charge on any atom is 0.401 e. The van der Waals surface area contributed by atoms with Crippen molar-refractivity contribution in [1.82, 2.24) is 10.6 Å². The summed E-state index contributed by atoms with van der Waals surface area (Å²) in [4.78, 5) is 12.6. The third-order valence-electron chi connectivity index (χ3n) is 2.60. The average molecular weight is 306 g/mol. The molecule has 0 bridgehead atoms. The summed E-state index contributed by atoms with van der Waals surface area (Å²) in [7, 11) is 0. The van der Waals surface area contributed by atoms with Crippen LogP contribution in [-0.2, 0) is 4.79 Å². The van der Waals surface area contributed by atoms with Crippen molar-refractivity contribution in [1.29, 1.82) is 0 Å². The Labute approximate surface area is 120 Å². The number of hydrogen-bond donors (Lipinski definition) is 2. The van der Waals surface area contributed by atoms with Crippen molar-refractivity contribution in [3.05, 3.63) is 29.8 Å². The predicted octanol–water partition coefficient (Wildman–Crippen LogP) is 2.74. The second kappa shape index (κ2) is 7.54. The number of carbonyl (C=O) groups is 1. The van der Waals surface area contributed by atoms with Crippen LogP contribution in [0.3, 0.4) is 0 Å². The summed E-state index contributed by atoms with van der Waals surface area (Å²) in [6, 6.07) is 7.40. The Morgan fingerprint density at radius 2 is 1.90 bits per heavy atom. The van der Waals surface area contributed by atoms with E-state index in [0.29, 0.717) is 0 Å². The minimum Gasteiger partial charge on any atom is -0.348 e. The van der Waals surface area contributed by atoms with E-state index >= 15 is 0 Å². The highest BCUT2D eigenvalue weighted by Gasteiger charge is 2.26. The minimum atomic E-state index is -4.31. The molecule has 0 saturated heterocycles. The molecule has 0 aliphatic rings. The van der Waals surface area contributed by atoms with E-state index in [0.717, 1.165) is 10.5 Å². The first-order valence-electron chi connectivity index (χ1n) is 6.02. The van der Waals surface area contributed by atoms with Crippen molar-refractivity contribution in [2.45, 2.75) is 24.0 Å². The molecule has 0 heterocycles. The van der Waals surface area contributed by atoms with Gasteiger partial charge in [0.25, 0.3) is 0 Å². The average Bonchev–Trinajstić information content (AvgIpc) is 2.37. The molecule has 1 aromatic carbocycles. The van der Waals surface area contributed by atoms with Gasteiger partial charge < -0.3 is 10.6 Å². The van der Waals surface area contributed by atoms with E-state index in [9.17, 15) is 18.0 Å². The highest BCUT2D eigenvalue weighted by atomic mass is 32.2. The van der Waals surface area contributed by atoms with Crippen LogP contribution in [0, 0.1) is 0 Å². The normalized spacial score (nSPS) is 13.1. The lowest BCUT2D eigenvalue weighted by Gasteiger charge is -2.15. The lowest BCUT2D eigenvalue weighted by molar-refractivity contribution is -0.128. The number of nitrogens with one attached hydrogen (secondary N) is 2. The fraction of sp³-hybridized carbons (Fsp3) is 0.462. The summed E-state index contributed by atoms with van der Waals surface area (Å²) in [5, 5.41) is 4.70. The number of hydrogen-bond acceptors (Lipinski definition) is 3. The van der Waals surface area contributed by atoms with Crippen LogP contribution in [0.15, 0.2) is 29.2 Å². The molecule has 0 saturated carbocycles. The molecule has 1 rings (SSSR count). The second-order valence-electron chi connectivity index (χ2n) is 4.28. The summed E-state index contributed by atoms with van der Waals surface area (Å²) in [6.07, 6.45) is -2.34. The largest absolute Gasteiger partial charge is 0.401 e. The van der Waals surface area contributed by atoms with Gasteiger partial charge in [0, 0.05) is 4.90 Å². The van der Waals surface area contributed by atoms with Gasteiger partial charge in [-0.15, -0.1) is 11.8 Å². The zero-order valence-corrected chi connectivity index (χ0v) is 12.1. The third kappa shape index (κ3) is 6.29. The fourth-order valence-electron chi connectivity index (χ4n) is 1.59. The van der Waals surface area contributed by atoms with Crippen LogP contribution in [0.1, 0.15) is 18.5 Å². The van der Waals surface area contributed by atoms with E-state index in [1.807, 2.05) is 30.5 Å². The highest BCUT2D eigenvalue weighted by molar-refractivity contribution is 7.98. The van der Waals surface area contributed by atoms with E-state index in [2.05, 4.69) is 10.6 Å². The lowest BCUT2D eigenvalue weighted by atomic mass is 10.1. The molecule has 112 valence electrons. The summed E-state index contributed by atoms with van der Waals surface area (Å²) < 4.78 is 35.7. The van der Waals surface area contributed by atoms with Gasteiger partial charge in [0.15, 0.2) is 0 Å². The Morgan fingerprint density at radius 3 is 2.40 bits per heavy atom. The molecule has 1 atom stereocenters. The Balaban J connectivity index is 2.40. The molecule has 7 heteroatoms. The predicted molar refractivity (Wildman–Crippen MR) is 73.7 cm³/mol. The van der Waals surface area contributed by atoms with Crippen LogP contribution in [0.25, 0.3) is 0 Å². The molecule has 0 spiro atoms. The van der Waals surface area contributed by atoms with Gasteiger partial charge in [-0.2, -0.15) is 13.2 Å². The molecule has 1 aromatic rings. The van der Waals surface area contributed by atoms with Crippen molar-refractivity contribution in [2.24, 2.45) is 0 Å². The van der Waals surface area contributed by atoms with Crippen molar-refractivity contribution < 1.29 is 18.0 Å². The van der Waals surface area contributed by atoms with Crippen LogP contribution in [0.2, 0.25) is 0 Å². The first-order valence-corrected chi connectivity index (χ1v) is 7.25. The van der Waals surface area contributed by atoms with Crippen molar-refractivity contribution in [3.63, 3.8) is 0 Å². The van der Waals surface area contributed by atoms with Crippen LogP contribution >= 0.6 is 11.8 Å². The van der Waals surface area contributed by atoms with Gasteiger partial charge in [-0.3, -0.25) is 4.79 Å². The molecule has 0 radical (unpaired) electrons. The Morgan fingerprint density at radius 1 is 1.30 bits per heavy atom. The van der Waals surface area contributed by atoms with E-state index in [-0.39, 0.29) is 12.6 Å². The Kier molecular flexibility index (Phi) is 6.35. The molecule has 20 heavy (non-hydrogen) atoms. The first-order chi connectivity index (χ1) is 9.31. The van der Waals surface area contributed by atoms with Crippen molar-refractivity contribution in [3.8, 4) is 0 Å². The number of rotatable bonds is 6. The van der Waals surface area contributed by atoms with E-state index in [1.165, 1.54) is 0 Å². The van der Waals surface area contributed by atoms with Gasteiger partial charge in [-0.1, -0.05) is 12.1 Å². The summed E-state index contributed by atoms with van der Waals surface area (Å²) in [6.45, 7) is 0.264. The summed E-state index contributed by atoms with van der Waals surface area (Å²) in [5.74, 6) is -0.462. The highest BCUT2D eigenvalue weighted by Crippen LogP contribution is 2.18. The SMILES string of the molecule is CSc1ccc(C(C)NC(=O)CNCC(F)(F)F)cc1. The van der Waals surface area contributed by atoms with Gasteiger partial charge in [-0.05, 0) is 30.9 Å². The second-order valence-corrected chi connectivity index (χ2v) is 5.16. The molecule has 0 aromatic heterocycles. The third-order valence-corrected chi connectivity index (χ3v) is 3.35. The number of carbonyl (C=O) groups excluding carboxylic acids is 1. The van der Waals surface area contributed by atoms with Crippen LogP contribution < -0.4 is 10.6 Å². The maximum atomic E-state index is 11.9. The smallest absolute Gasteiger partial charge is 0.348 e. The van der Waals surface area contributed by atoms with Crippen molar-refractivity contribution >= 4 is 17.7 Å². The fourth-order valence-corrected chi connectivity index (χ4v) is 1.99. The molecule has 0 aliphatic carbocycles. The van der Waals surface area contributed by atoms with Gasteiger partial charge in [-0.25, -0.2) is 0 Å². The molecule has 0 fully saturated rings. The molecule has 1 unspecified atom stereocenters. The number of benzene rings is 1. The first kappa shape index (κ1) is 16.8. The standard InChI is InChI=1S/C13H17F3N2OS/c1-9(10-3-5-11(20-2)6-4-10)18-12(19)7-17-8-13(14,15)16/h3-6,9,17H,7-8H2,1-2H3,(H,18,19). The molecule has 1 amide bonds. The summed E-state index contributed by atoms with van der Waals surface area (Å²) in [5.41, 5.74) is 0.909. The quantitative estimate of drug-likeness (QED) is 0.794. The van der Waals surface area contributed by atoms with Gasteiger partial charge in [0.2, 0.25) is 5.91 Å². The molecule has 0 aliphatic heterocycles. The van der Waals surface area contributed by atoms with Crippen LogP contribution in [0.4, 0.5) is 13.2 Å². The van der Waals surface area contributed by atoms with E-state index in [1.54, 1.807) is 18.7 Å². The maximum absolute atomic E-state index is 11.9. The number of alkyl halides is 3. The zero-order valence-electron chi connectivity index (χ0n) is 11.3.